The summed E-state index contributed by atoms with van der Waals surface area (Å²) in [5.74, 6) is -2.36. The van der Waals surface area contributed by atoms with Gasteiger partial charge in [0.1, 0.15) is 17.7 Å². The molecule has 0 spiro atoms. The summed E-state index contributed by atoms with van der Waals surface area (Å²) in [5, 5.41) is 10.0. The maximum atomic E-state index is 13.8. The normalized spacial score (nSPS) is 21.2. The van der Waals surface area contributed by atoms with Crippen molar-refractivity contribution in [2.45, 2.75) is 18.6 Å². The number of aliphatic hydroxyl groups excluding tert-OH is 1. The molecule has 104 valence electrons. The van der Waals surface area contributed by atoms with Crippen molar-refractivity contribution in [3.63, 3.8) is 0 Å². The minimum absolute atomic E-state index is 0.0129. The standard InChI is InChI=1S/C15H11F3O2/c16-8-4-5-9-12(19)7-14(20-13(9)6-8)10-2-1-3-11(17)15(10)18/h1-6,12,14,19H,7H2/t12-,14?/m1/s1. The summed E-state index contributed by atoms with van der Waals surface area (Å²) in [6, 6.07) is 7.53. The van der Waals surface area contributed by atoms with Gasteiger partial charge in [-0.1, -0.05) is 12.1 Å². The van der Waals surface area contributed by atoms with Gasteiger partial charge in [0.05, 0.1) is 6.10 Å². The molecule has 0 aliphatic carbocycles. The second kappa shape index (κ2) is 4.83. The van der Waals surface area contributed by atoms with E-state index in [1.54, 1.807) is 0 Å². The molecule has 1 N–H and O–H groups in total. The molecule has 1 aliphatic heterocycles. The Hall–Kier alpha value is -2.01. The molecule has 0 bridgehead atoms. The zero-order chi connectivity index (χ0) is 14.3. The van der Waals surface area contributed by atoms with Crippen molar-refractivity contribution in [1.82, 2.24) is 0 Å². The first-order chi connectivity index (χ1) is 9.56. The Morgan fingerprint density at radius 3 is 2.65 bits per heavy atom. The van der Waals surface area contributed by atoms with E-state index in [0.717, 1.165) is 12.1 Å². The molecule has 20 heavy (non-hydrogen) atoms. The zero-order valence-electron chi connectivity index (χ0n) is 10.3. The summed E-state index contributed by atoms with van der Waals surface area (Å²) < 4.78 is 45.7. The van der Waals surface area contributed by atoms with Crippen LogP contribution in [-0.4, -0.2) is 5.11 Å². The van der Waals surface area contributed by atoms with Crippen LogP contribution in [0.5, 0.6) is 5.75 Å². The number of hydrogen-bond acceptors (Lipinski definition) is 2. The summed E-state index contributed by atoms with van der Waals surface area (Å²) >= 11 is 0. The Morgan fingerprint density at radius 1 is 1.05 bits per heavy atom. The van der Waals surface area contributed by atoms with Gasteiger partial charge in [0, 0.05) is 23.6 Å². The van der Waals surface area contributed by atoms with Crippen LogP contribution in [0.3, 0.4) is 0 Å². The first-order valence-electron chi connectivity index (χ1n) is 6.14. The van der Waals surface area contributed by atoms with Crippen LogP contribution >= 0.6 is 0 Å². The average Bonchev–Trinajstić information content (AvgIpc) is 2.41. The van der Waals surface area contributed by atoms with Crippen molar-refractivity contribution < 1.29 is 23.0 Å². The molecule has 0 fully saturated rings. The van der Waals surface area contributed by atoms with E-state index in [4.69, 9.17) is 4.74 Å². The highest BCUT2D eigenvalue weighted by molar-refractivity contribution is 5.39. The number of halogens is 3. The van der Waals surface area contributed by atoms with Gasteiger partial charge in [0.15, 0.2) is 11.6 Å². The second-order valence-electron chi connectivity index (χ2n) is 4.68. The van der Waals surface area contributed by atoms with Crippen LogP contribution in [0.1, 0.15) is 29.8 Å². The van der Waals surface area contributed by atoms with Gasteiger partial charge < -0.3 is 9.84 Å². The Labute approximate surface area is 113 Å². The van der Waals surface area contributed by atoms with Gasteiger partial charge in [-0.2, -0.15) is 0 Å². The number of benzene rings is 2. The molecule has 3 rings (SSSR count). The number of aliphatic hydroxyl groups is 1. The second-order valence-corrected chi connectivity index (χ2v) is 4.68. The molecule has 0 radical (unpaired) electrons. The molecule has 0 amide bonds. The van der Waals surface area contributed by atoms with Gasteiger partial charge in [0.2, 0.25) is 0 Å². The van der Waals surface area contributed by atoms with Gasteiger partial charge in [-0.3, -0.25) is 0 Å². The van der Waals surface area contributed by atoms with Gasteiger partial charge in [-0.15, -0.1) is 0 Å². The largest absolute Gasteiger partial charge is 0.485 e. The Morgan fingerprint density at radius 2 is 1.85 bits per heavy atom. The fraction of sp³-hybridized carbons (Fsp3) is 0.200. The molecule has 1 aliphatic rings. The average molecular weight is 280 g/mol. The SMILES string of the molecule is O[C@@H]1CC(c2cccc(F)c2F)Oc2cc(F)ccc21. The topological polar surface area (TPSA) is 29.5 Å². The smallest absolute Gasteiger partial charge is 0.165 e. The van der Waals surface area contributed by atoms with Crippen LogP contribution in [0.2, 0.25) is 0 Å². The van der Waals surface area contributed by atoms with Crippen molar-refractivity contribution in [3.8, 4) is 5.75 Å². The van der Waals surface area contributed by atoms with Gasteiger partial charge in [-0.05, 0) is 18.2 Å². The fourth-order valence-electron chi connectivity index (χ4n) is 2.38. The molecule has 2 aromatic carbocycles. The first kappa shape index (κ1) is 13.0. The molecule has 0 saturated heterocycles. The van der Waals surface area contributed by atoms with E-state index in [1.807, 2.05) is 0 Å². The quantitative estimate of drug-likeness (QED) is 0.863. The zero-order valence-corrected chi connectivity index (χ0v) is 10.3. The Bertz CT molecular complexity index is 658. The molecule has 2 nitrogen and oxygen atoms in total. The molecular formula is C15H11F3O2. The number of fused-ring (bicyclic) bond motifs is 1. The van der Waals surface area contributed by atoms with Crippen molar-refractivity contribution in [1.29, 1.82) is 0 Å². The van der Waals surface area contributed by atoms with Gasteiger partial charge in [0.25, 0.3) is 0 Å². The van der Waals surface area contributed by atoms with Crippen molar-refractivity contribution in [3.05, 3.63) is 65.0 Å². The van der Waals surface area contributed by atoms with E-state index < -0.39 is 29.7 Å². The number of hydrogen-bond donors (Lipinski definition) is 1. The highest BCUT2D eigenvalue weighted by Gasteiger charge is 2.30. The monoisotopic (exact) mass is 280 g/mol. The third kappa shape index (κ3) is 2.14. The molecule has 1 heterocycles. The van der Waals surface area contributed by atoms with E-state index in [9.17, 15) is 18.3 Å². The van der Waals surface area contributed by atoms with E-state index in [1.165, 1.54) is 24.3 Å². The lowest BCUT2D eigenvalue weighted by atomic mass is 9.94. The van der Waals surface area contributed by atoms with Crippen molar-refractivity contribution in [2.75, 3.05) is 0 Å². The minimum Gasteiger partial charge on any atom is -0.485 e. The fourth-order valence-corrected chi connectivity index (χ4v) is 2.38. The summed E-state index contributed by atoms with van der Waals surface area (Å²) in [5.41, 5.74) is 0.457. The summed E-state index contributed by atoms with van der Waals surface area (Å²) in [6.45, 7) is 0. The van der Waals surface area contributed by atoms with Crippen molar-refractivity contribution in [2.24, 2.45) is 0 Å². The van der Waals surface area contributed by atoms with Crippen LogP contribution in [-0.2, 0) is 0 Å². The summed E-state index contributed by atoms with van der Waals surface area (Å²) in [4.78, 5) is 0. The molecule has 2 aromatic rings. The predicted octanol–water partition coefficient (Wildman–Crippen LogP) is 3.66. The van der Waals surface area contributed by atoms with E-state index >= 15 is 0 Å². The summed E-state index contributed by atoms with van der Waals surface area (Å²) in [7, 11) is 0. The maximum Gasteiger partial charge on any atom is 0.165 e. The maximum absolute atomic E-state index is 13.8. The number of rotatable bonds is 1. The molecular weight excluding hydrogens is 269 g/mol. The lowest BCUT2D eigenvalue weighted by molar-refractivity contribution is 0.0633. The van der Waals surface area contributed by atoms with Crippen LogP contribution in [0.25, 0.3) is 0 Å². The molecule has 0 aromatic heterocycles. The lowest BCUT2D eigenvalue weighted by Crippen LogP contribution is -2.20. The highest BCUT2D eigenvalue weighted by Crippen LogP contribution is 2.41. The van der Waals surface area contributed by atoms with E-state index in [2.05, 4.69) is 0 Å². The molecule has 1 unspecified atom stereocenters. The van der Waals surface area contributed by atoms with Crippen LogP contribution in [0.4, 0.5) is 13.2 Å². The third-order valence-electron chi connectivity index (χ3n) is 3.37. The Balaban J connectivity index is 2.00. The highest BCUT2D eigenvalue weighted by atomic mass is 19.2. The third-order valence-corrected chi connectivity index (χ3v) is 3.37. The van der Waals surface area contributed by atoms with Crippen LogP contribution in [0, 0.1) is 17.5 Å². The molecule has 0 saturated carbocycles. The van der Waals surface area contributed by atoms with Gasteiger partial charge >= 0.3 is 0 Å². The van der Waals surface area contributed by atoms with Crippen molar-refractivity contribution >= 4 is 0 Å². The Kier molecular flexibility index (Phi) is 3.14. The number of ether oxygens (including phenoxy) is 1. The molecule has 5 heteroatoms. The van der Waals surface area contributed by atoms with Crippen LogP contribution < -0.4 is 4.74 Å². The van der Waals surface area contributed by atoms with Gasteiger partial charge in [-0.25, -0.2) is 13.2 Å². The minimum atomic E-state index is -1.01. The van der Waals surface area contributed by atoms with E-state index in [-0.39, 0.29) is 17.7 Å². The molecule has 2 atom stereocenters. The van der Waals surface area contributed by atoms with Crippen LogP contribution in [0.15, 0.2) is 36.4 Å². The first-order valence-corrected chi connectivity index (χ1v) is 6.14. The van der Waals surface area contributed by atoms with E-state index in [0.29, 0.717) is 5.56 Å². The predicted molar refractivity (Wildman–Crippen MR) is 65.7 cm³/mol. The summed E-state index contributed by atoms with van der Waals surface area (Å²) in [6.07, 6.45) is -1.68. The lowest BCUT2D eigenvalue weighted by Gasteiger charge is -2.30.